The number of hydrogen-bond donors (Lipinski definition) is 1. The number of hydrogen-bond acceptors (Lipinski definition) is 1. The lowest BCUT2D eigenvalue weighted by atomic mass is 10.1. The highest BCUT2D eigenvalue weighted by Gasteiger charge is 2.24. The van der Waals surface area contributed by atoms with Gasteiger partial charge in [0.25, 0.3) is 6.43 Å². The molecule has 15 heavy (non-hydrogen) atoms. The Labute approximate surface area is 97.4 Å². The van der Waals surface area contributed by atoms with E-state index in [1.54, 1.807) is 25.1 Å². The average Bonchev–Trinajstić information content (AvgIpc) is 2.19. The molecule has 0 amide bonds. The summed E-state index contributed by atoms with van der Waals surface area (Å²) in [4.78, 5) is 0. The minimum atomic E-state index is -2.51. The maximum Gasteiger partial charge on any atom is 0.257 e. The quantitative estimate of drug-likeness (QED) is 0.858. The topological polar surface area (TPSA) is 12.0 Å². The van der Waals surface area contributed by atoms with Crippen molar-refractivity contribution in [3.63, 3.8) is 0 Å². The molecule has 0 heterocycles. The van der Waals surface area contributed by atoms with Crippen LogP contribution in [0.15, 0.2) is 18.2 Å². The summed E-state index contributed by atoms with van der Waals surface area (Å²) in [6.07, 6.45) is -2.51. The van der Waals surface area contributed by atoms with Crippen LogP contribution in [0.2, 0.25) is 10.0 Å². The van der Waals surface area contributed by atoms with Gasteiger partial charge in [-0.15, -0.1) is 0 Å². The van der Waals surface area contributed by atoms with E-state index in [2.05, 4.69) is 5.32 Å². The van der Waals surface area contributed by atoms with Gasteiger partial charge in [0.05, 0.1) is 16.1 Å². The van der Waals surface area contributed by atoms with Crippen molar-refractivity contribution in [2.45, 2.75) is 19.4 Å². The minimum absolute atomic E-state index is 0.186. The van der Waals surface area contributed by atoms with Crippen LogP contribution in [0.3, 0.4) is 0 Å². The zero-order chi connectivity index (χ0) is 11.4. The second-order valence-corrected chi connectivity index (χ2v) is 3.80. The smallest absolute Gasteiger partial charge is 0.257 e. The number of alkyl halides is 2. The third kappa shape index (κ3) is 3.03. The second-order valence-electron chi connectivity index (χ2n) is 3.01. The normalized spacial score (nSPS) is 13.2. The van der Waals surface area contributed by atoms with Crippen LogP contribution in [0.1, 0.15) is 18.5 Å². The van der Waals surface area contributed by atoms with Crippen LogP contribution < -0.4 is 5.32 Å². The summed E-state index contributed by atoms with van der Waals surface area (Å²) in [6, 6.07) is 3.66. The summed E-state index contributed by atoms with van der Waals surface area (Å²) in [5.74, 6) is 0. The van der Waals surface area contributed by atoms with Crippen LogP contribution in [-0.2, 0) is 0 Å². The van der Waals surface area contributed by atoms with Gasteiger partial charge < -0.3 is 5.32 Å². The van der Waals surface area contributed by atoms with E-state index in [0.29, 0.717) is 12.1 Å². The highest BCUT2D eigenvalue weighted by atomic mass is 35.5. The molecule has 0 bridgehead atoms. The third-order valence-corrected chi connectivity index (χ3v) is 2.83. The van der Waals surface area contributed by atoms with E-state index in [4.69, 9.17) is 23.2 Å². The van der Waals surface area contributed by atoms with Crippen molar-refractivity contribution in [3.8, 4) is 0 Å². The first kappa shape index (κ1) is 12.7. The van der Waals surface area contributed by atoms with E-state index in [0.717, 1.165) is 0 Å². The van der Waals surface area contributed by atoms with Gasteiger partial charge in [0, 0.05) is 0 Å². The van der Waals surface area contributed by atoms with E-state index in [-0.39, 0.29) is 10.0 Å². The van der Waals surface area contributed by atoms with Crippen LogP contribution in [0.5, 0.6) is 0 Å². The summed E-state index contributed by atoms with van der Waals surface area (Å²) >= 11 is 11.6. The maximum absolute atomic E-state index is 12.7. The summed E-state index contributed by atoms with van der Waals surface area (Å²) in [5.41, 5.74) is 0.334. The van der Waals surface area contributed by atoms with E-state index < -0.39 is 12.5 Å². The van der Waals surface area contributed by atoms with Gasteiger partial charge in [-0.2, -0.15) is 0 Å². The van der Waals surface area contributed by atoms with Crippen molar-refractivity contribution in [1.82, 2.24) is 5.32 Å². The molecule has 0 aliphatic rings. The van der Waals surface area contributed by atoms with Crippen molar-refractivity contribution in [3.05, 3.63) is 33.8 Å². The molecule has 1 atom stereocenters. The molecule has 0 aromatic heterocycles. The fourth-order valence-electron chi connectivity index (χ4n) is 1.32. The van der Waals surface area contributed by atoms with Crippen molar-refractivity contribution in [2.24, 2.45) is 0 Å². The SMILES string of the molecule is CCNC(c1cccc(Cl)c1Cl)C(F)F. The van der Waals surface area contributed by atoms with Crippen molar-refractivity contribution >= 4 is 23.2 Å². The first-order chi connectivity index (χ1) is 7.07. The van der Waals surface area contributed by atoms with E-state index >= 15 is 0 Å². The van der Waals surface area contributed by atoms with Crippen LogP contribution >= 0.6 is 23.2 Å². The lowest BCUT2D eigenvalue weighted by molar-refractivity contribution is 0.0993. The molecule has 1 unspecified atom stereocenters. The Hall–Kier alpha value is -0.380. The molecular weight excluding hydrogens is 243 g/mol. The maximum atomic E-state index is 12.7. The van der Waals surface area contributed by atoms with Crippen molar-refractivity contribution < 1.29 is 8.78 Å². The predicted octanol–water partition coefficient (Wildman–Crippen LogP) is 3.91. The number of rotatable bonds is 4. The molecule has 1 rings (SSSR count). The zero-order valence-corrected chi connectivity index (χ0v) is 9.62. The Morgan fingerprint density at radius 1 is 1.33 bits per heavy atom. The molecule has 0 aliphatic carbocycles. The predicted molar refractivity (Wildman–Crippen MR) is 58.9 cm³/mol. The molecule has 1 aromatic rings. The second kappa shape index (κ2) is 5.64. The molecule has 1 N–H and O–H groups in total. The van der Waals surface area contributed by atoms with Gasteiger partial charge in [0.2, 0.25) is 0 Å². The molecule has 1 aromatic carbocycles. The Morgan fingerprint density at radius 3 is 2.53 bits per heavy atom. The molecular formula is C10H11Cl2F2N. The van der Waals surface area contributed by atoms with Gasteiger partial charge in [-0.3, -0.25) is 0 Å². The minimum Gasteiger partial charge on any atom is -0.305 e. The Kier molecular flexibility index (Phi) is 4.77. The Morgan fingerprint density at radius 2 is 2.00 bits per heavy atom. The largest absolute Gasteiger partial charge is 0.305 e. The molecule has 0 aliphatic heterocycles. The Bertz CT molecular complexity index is 331. The number of nitrogens with one attached hydrogen (secondary N) is 1. The van der Waals surface area contributed by atoms with Crippen LogP contribution in [0.25, 0.3) is 0 Å². The number of halogens is 4. The zero-order valence-electron chi connectivity index (χ0n) is 8.11. The molecule has 0 saturated carbocycles. The summed E-state index contributed by atoms with van der Waals surface area (Å²) in [6.45, 7) is 2.20. The lowest BCUT2D eigenvalue weighted by Gasteiger charge is -2.18. The number of benzene rings is 1. The molecule has 5 heteroatoms. The van der Waals surface area contributed by atoms with Gasteiger partial charge in [-0.1, -0.05) is 42.3 Å². The standard InChI is InChI=1S/C10H11Cl2F2N/c1-2-15-9(10(13)14)6-4-3-5-7(11)8(6)12/h3-5,9-10,15H,2H2,1H3. The summed E-state index contributed by atoms with van der Waals surface area (Å²) in [5, 5.41) is 3.15. The Balaban J connectivity index is 3.05. The average molecular weight is 254 g/mol. The van der Waals surface area contributed by atoms with Crippen molar-refractivity contribution in [2.75, 3.05) is 6.54 Å². The molecule has 1 nitrogen and oxygen atoms in total. The molecule has 84 valence electrons. The molecule has 0 spiro atoms. The van der Waals surface area contributed by atoms with Gasteiger partial charge in [-0.25, -0.2) is 8.78 Å². The first-order valence-electron chi connectivity index (χ1n) is 4.53. The summed E-state index contributed by atoms with van der Waals surface area (Å²) in [7, 11) is 0. The lowest BCUT2D eigenvalue weighted by Crippen LogP contribution is -2.27. The third-order valence-electron chi connectivity index (χ3n) is 1.99. The first-order valence-corrected chi connectivity index (χ1v) is 5.29. The van der Waals surface area contributed by atoms with Gasteiger partial charge in [0.15, 0.2) is 0 Å². The molecule has 0 radical (unpaired) electrons. The molecule has 0 saturated heterocycles. The van der Waals surface area contributed by atoms with Gasteiger partial charge in [0.1, 0.15) is 0 Å². The van der Waals surface area contributed by atoms with Gasteiger partial charge in [-0.05, 0) is 18.2 Å². The molecule has 0 fully saturated rings. The highest BCUT2D eigenvalue weighted by Crippen LogP contribution is 2.32. The fraction of sp³-hybridized carbons (Fsp3) is 0.400. The van der Waals surface area contributed by atoms with Crippen LogP contribution in [0, 0.1) is 0 Å². The van der Waals surface area contributed by atoms with Crippen LogP contribution in [0.4, 0.5) is 8.78 Å². The van der Waals surface area contributed by atoms with E-state index in [9.17, 15) is 8.78 Å². The van der Waals surface area contributed by atoms with E-state index in [1.165, 1.54) is 0 Å². The highest BCUT2D eigenvalue weighted by molar-refractivity contribution is 6.42. The van der Waals surface area contributed by atoms with E-state index in [1.807, 2.05) is 0 Å². The monoisotopic (exact) mass is 253 g/mol. The fourth-order valence-corrected chi connectivity index (χ4v) is 1.74. The van der Waals surface area contributed by atoms with Crippen molar-refractivity contribution in [1.29, 1.82) is 0 Å². The van der Waals surface area contributed by atoms with Crippen LogP contribution in [-0.4, -0.2) is 13.0 Å². The van der Waals surface area contributed by atoms with Gasteiger partial charge >= 0.3 is 0 Å². The summed E-state index contributed by atoms with van der Waals surface area (Å²) < 4.78 is 25.4.